The first-order valence-corrected chi connectivity index (χ1v) is 6.21. The number of hydrogen-bond donors (Lipinski definition) is 1. The third-order valence-electron chi connectivity index (χ3n) is 3.45. The van der Waals surface area contributed by atoms with E-state index in [1.165, 1.54) is 5.56 Å². The Kier molecular flexibility index (Phi) is 3.75. The number of hydrogen-bond acceptors (Lipinski definition) is 3. The molecule has 1 N–H and O–H groups in total. The second-order valence-electron chi connectivity index (χ2n) is 4.41. The van der Waals surface area contributed by atoms with Gasteiger partial charge >= 0.3 is 0 Å². The minimum absolute atomic E-state index is 0.108. The summed E-state index contributed by atoms with van der Waals surface area (Å²) < 4.78 is 10.7. The number of carbonyl (C=O) groups is 1. The van der Waals surface area contributed by atoms with Crippen LogP contribution in [0.2, 0.25) is 0 Å². The van der Waals surface area contributed by atoms with Crippen molar-refractivity contribution in [2.75, 3.05) is 21.3 Å². The van der Waals surface area contributed by atoms with E-state index in [0.717, 1.165) is 31.2 Å². The van der Waals surface area contributed by atoms with E-state index in [0.29, 0.717) is 17.1 Å². The van der Waals surface area contributed by atoms with Crippen molar-refractivity contribution >= 4 is 5.91 Å². The Balaban J connectivity index is 2.67. The maximum Gasteiger partial charge on any atom is 0.255 e. The molecule has 0 unspecified atom stereocenters. The fourth-order valence-corrected chi connectivity index (χ4v) is 2.58. The molecule has 0 saturated carbocycles. The molecule has 2 rings (SSSR count). The van der Waals surface area contributed by atoms with Gasteiger partial charge in [-0.3, -0.25) is 4.79 Å². The molecule has 98 valence electrons. The molecule has 0 fully saturated rings. The predicted molar refractivity (Wildman–Crippen MR) is 69.6 cm³/mol. The number of amides is 1. The zero-order valence-corrected chi connectivity index (χ0v) is 11.1. The molecule has 1 amide bonds. The van der Waals surface area contributed by atoms with E-state index in [1.54, 1.807) is 21.3 Å². The molecule has 4 nitrogen and oxygen atoms in total. The number of fused-ring (bicyclic) bond motifs is 1. The van der Waals surface area contributed by atoms with Gasteiger partial charge in [0.05, 0.1) is 19.8 Å². The van der Waals surface area contributed by atoms with Gasteiger partial charge in [-0.1, -0.05) is 0 Å². The smallest absolute Gasteiger partial charge is 0.255 e. The van der Waals surface area contributed by atoms with Crippen LogP contribution in [-0.4, -0.2) is 27.2 Å². The van der Waals surface area contributed by atoms with Gasteiger partial charge in [-0.25, -0.2) is 0 Å². The monoisotopic (exact) mass is 249 g/mol. The highest BCUT2D eigenvalue weighted by molar-refractivity contribution is 5.99. The van der Waals surface area contributed by atoms with Crippen LogP contribution >= 0.6 is 0 Å². The third-order valence-corrected chi connectivity index (χ3v) is 3.45. The summed E-state index contributed by atoms with van der Waals surface area (Å²) in [5, 5.41) is 2.68. The summed E-state index contributed by atoms with van der Waals surface area (Å²) >= 11 is 0. The molecule has 4 heteroatoms. The summed E-state index contributed by atoms with van der Waals surface area (Å²) in [6, 6.07) is 2.00. The first-order chi connectivity index (χ1) is 8.72. The Morgan fingerprint density at radius 3 is 2.56 bits per heavy atom. The highest BCUT2D eigenvalue weighted by atomic mass is 16.5. The number of nitrogens with one attached hydrogen (secondary N) is 1. The Labute approximate surface area is 107 Å². The van der Waals surface area contributed by atoms with E-state index in [1.807, 2.05) is 6.07 Å². The van der Waals surface area contributed by atoms with Crippen molar-refractivity contribution in [2.45, 2.75) is 25.7 Å². The lowest BCUT2D eigenvalue weighted by Crippen LogP contribution is -2.22. The number of aryl methyl sites for hydroxylation is 1. The minimum Gasteiger partial charge on any atom is -0.493 e. The van der Waals surface area contributed by atoms with Crippen LogP contribution in [0.5, 0.6) is 11.5 Å². The van der Waals surface area contributed by atoms with Gasteiger partial charge in [0.25, 0.3) is 5.91 Å². The highest BCUT2D eigenvalue weighted by Crippen LogP contribution is 2.38. The van der Waals surface area contributed by atoms with Gasteiger partial charge in [-0.15, -0.1) is 0 Å². The number of rotatable bonds is 3. The van der Waals surface area contributed by atoms with Crippen molar-refractivity contribution in [3.63, 3.8) is 0 Å². The van der Waals surface area contributed by atoms with E-state index in [-0.39, 0.29) is 5.91 Å². The van der Waals surface area contributed by atoms with Gasteiger partial charge in [0.15, 0.2) is 11.5 Å². The van der Waals surface area contributed by atoms with E-state index >= 15 is 0 Å². The van der Waals surface area contributed by atoms with Gasteiger partial charge < -0.3 is 14.8 Å². The SMILES string of the molecule is CNC(=O)c1c2c(cc(OC)c1OC)CCCC2. The van der Waals surface area contributed by atoms with Crippen molar-refractivity contribution in [1.82, 2.24) is 5.32 Å². The molecule has 0 aromatic heterocycles. The lowest BCUT2D eigenvalue weighted by Gasteiger charge is -2.22. The molecular formula is C14H19NO3. The largest absolute Gasteiger partial charge is 0.493 e. The van der Waals surface area contributed by atoms with Crippen molar-refractivity contribution in [2.24, 2.45) is 0 Å². The summed E-state index contributed by atoms with van der Waals surface area (Å²) in [7, 11) is 4.80. The summed E-state index contributed by atoms with van der Waals surface area (Å²) in [5.74, 6) is 1.07. The van der Waals surface area contributed by atoms with Crippen LogP contribution in [0.3, 0.4) is 0 Å². The number of methoxy groups -OCH3 is 2. The third kappa shape index (κ3) is 2.03. The topological polar surface area (TPSA) is 47.6 Å². The second kappa shape index (κ2) is 5.29. The zero-order valence-electron chi connectivity index (χ0n) is 11.1. The van der Waals surface area contributed by atoms with E-state index in [4.69, 9.17) is 9.47 Å². The lowest BCUT2D eigenvalue weighted by atomic mass is 9.87. The van der Waals surface area contributed by atoms with Gasteiger partial charge in [-0.2, -0.15) is 0 Å². The Hall–Kier alpha value is -1.71. The summed E-state index contributed by atoms with van der Waals surface area (Å²) in [5.41, 5.74) is 2.95. The molecule has 0 radical (unpaired) electrons. The average molecular weight is 249 g/mol. The molecule has 0 bridgehead atoms. The highest BCUT2D eigenvalue weighted by Gasteiger charge is 2.25. The molecule has 0 spiro atoms. The molecule has 0 saturated heterocycles. The summed E-state index contributed by atoms with van der Waals surface area (Å²) in [6.07, 6.45) is 4.21. The van der Waals surface area contributed by atoms with Crippen LogP contribution < -0.4 is 14.8 Å². The first kappa shape index (κ1) is 12.7. The van der Waals surface area contributed by atoms with Crippen LogP contribution in [0.4, 0.5) is 0 Å². The van der Waals surface area contributed by atoms with Gasteiger partial charge in [0, 0.05) is 7.05 Å². The van der Waals surface area contributed by atoms with E-state index in [9.17, 15) is 4.79 Å². The van der Waals surface area contributed by atoms with E-state index in [2.05, 4.69) is 5.32 Å². The van der Waals surface area contributed by atoms with Gasteiger partial charge in [0.2, 0.25) is 0 Å². The van der Waals surface area contributed by atoms with Gasteiger partial charge in [-0.05, 0) is 42.9 Å². The summed E-state index contributed by atoms with van der Waals surface area (Å²) in [4.78, 5) is 12.1. The molecular weight excluding hydrogens is 230 g/mol. The Morgan fingerprint density at radius 2 is 1.94 bits per heavy atom. The molecule has 1 aromatic carbocycles. The molecule has 0 atom stereocenters. The Morgan fingerprint density at radius 1 is 1.22 bits per heavy atom. The van der Waals surface area contributed by atoms with Crippen LogP contribution in [0, 0.1) is 0 Å². The number of ether oxygens (including phenoxy) is 2. The second-order valence-corrected chi connectivity index (χ2v) is 4.41. The fraction of sp³-hybridized carbons (Fsp3) is 0.500. The molecule has 1 aliphatic carbocycles. The lowest BCUT2D eigenvalue weighted by molar-refractivity contribution is 0.0958. The van der Waals surface area contributed by atoms with Crippen molar-refractivity contribution in [3.8, 4) is 11.5 Å². The number of carbonyl (C=O) groups excluding carboxylic acids is 1. The molecule has 0 aliphatic heterocycles. The molecule has 1 aliphatic rings. The van der Waals surface area contributed by atoms with Crippen LogP contribution in [0.15, 0.2) is 6.07 Å². The maximum absolute atomic E-state index is 12.1. The molecule has 1 aromatic rings. The Bertz CT molecular complexity index is 454. The van der Waals surface area contributed by atoms with Crippen LogP contribution in [-0.2, 0) is 12.8 Å². The maximum atomic E-state index is 12.1. The van der Waals surface area contributed by atoms with Crippen molar-refractivity contribution < 1.29 is 14.3 Å². The fourth-order valence-electron chi connectivity index (χ4n) is 2.58. The normalized spacial score (nSPS) is 13.7. The van der Waals surface area contributed by atoms with Crippen LogP contribution in [0.1, 0.15) is 34.3 Å². The standard InChI is InChI=1S/C14H19NO3/c1-15-14(16)12-10-7-5-4-6-9(10)8-11(17-2)13(12)18-3/h8H,4-7H2,1-3H3,(H,15,16). The number of benzene rings is 1. The predicted octanol–water partition coefficient (Wildman–Crippen LogP) is 1.94. The minimum atomic E-state index is -0.108. The zero-order chi connectivity index (χ0) is 13.1. The molecule has 18 heavy (non-hydrogen) atoms. The molecule has 0 heterocycles. The quantitative estimate of drug-likeness (QED) is 0.890. The average Bonchev–Trinajstić information content (AvgIpc) is 2.44. The van der Waals surface area contributed by atoms with Crippen molar-refractivity contribution in [1.29, 1.82) is 0 Å². The van der Waals surface area contributed by atoms with Crippen LogP contribution in [0.25, 0.3) is 0 Å². The first-order valence-electron chi connectivity index (χ1n) is 6.21. The van der Waals surface area contributed by atoms with Gasteiger partial charge in [0.1, 0.15) is 0 Å². The van der Waals surface area contributed by atoms with Crippen molar-refractivity contribution in [3.05, 3.63) is 22.8 Å². The summed E-state index contributed by atoms with van der Waals surface area (Å²) in [6.45, 7) is 0. The van der Waals surface area contributed by atoms with E-state index < -0.39 is 0 Å².